The van der Waals surface area contributed by atoms with Crippen LogP contribution >= 0.6 is 0 Å². The summed E-state index contributed by atoms with van der Waals surface area (Å²) in [6.45, 7) is 0.373. The Morgan fingerprint density at radius 3 is 3.00 bits per heavy atom. The Labute approximate surface area is 104 Å². The number of nitrogens with zero attached hydrogens (tertiary/aromatic N) is 3. The number of esters is 1. The van der Waals surface area contributed by atoms with E-state index in [0.29, 0.717) is 17.8 Å². The van der Waals surface area contributed by atoms with Gasteiger partial charge in [0, 0.05) is 12.4 Å². The first-order valence-corrected chi connectivity index (χ1v) is 5.43. The molecule has 0 aromatic carbocycles. The number of aliphatic hydroxyl groups is 1. The third-order valence-corrected chi connectivity index (χ3v) is 2.47. The quantitative estimate of drug-likeness (QED) is 0.806. The average Bonchev–Trinajstić information content (AvgIpc) is 2.87. The van der Waals surface area contributed by atoms with Crippen molar-refractivity contribution in [3.8, 4) is 11.4 Å². The Hall–Kier alpha value is -2.21. The van der Waals surface area contributed by atoms with Crippen molar-refractivity contribution in [2.24, 2.45) is 0 Å². The molecule has 2 heterocycles. The molecule has 0 saturated heterocycles. The maximum absolute atomic E-state index is 11.4. The molecule has 0 bridgehead atoms. The first-order chi connectivity index (χ1) is 8.76. The van der Waals surface area contributed by atoms with Crippen molar-refractivity contribution in [1.29, 1.82) is 0 Å². The van der Waals surface area contributed by atoms with E-state index >= 15 is 0 Å². The average molecular weight is 247 g/mol. The van der Waals surface area contributed by atoms with Crippen LogP contribution in [0.5, 0.6) is 0 Å². The molecule has 0 saturated carbocycles. The van der Waals surface area contributed by atoms with Crippen LogP contribution in [-0.4, -0.2) is 39.6 Å². The number of carbonyl (C=O) groups is 1. The molecule has 2 aromatic heterocycles. The zero-order chi connectivity index (χ0) is 13.0. The predicted octanol–water partition coefficient (Wildman–Crippen LogP) is 0.724. The highest BCUT2D eigenvalue weighted by Crippen LogP contribution is 2.17. The van der Waals surface area contributed by atoms with Crippen LogP contribution < -0.4 is 0 Å². The normalized spacial score (nSPS) is 10.3. The smallest absolute Gasteiger partial charge is 0.337 e. The summed E-state index contributed by atoms with van der Waals surface area (Å²) in [6.07, 6.45) is 3.16. The molecule has 2 aromatic rings. The maximum atomic E-state index is 11.4. The van der Waals surface area contributed by atoms with Gasteiger partial charge in [-0.2, -0.15) is 5.10 Å². The van der Waals surface area contributed by atoms with Crippen LogP contribution in [0.4, 0.5) is 0 Å². The van der Waals surface area contributed by atoms with E-state index in [-0.39, 0.29) is 6.61 Å². The highest BCUT2D eigenvalue weighted by molar-refractivity contribution is 5.90. The second kappa shape index (κ2) is 5.42. The molecule has 0 atom stereocenters. The van der Waals surface area contributed by atoms with Gasteiger partial charge in [0.25, 0.3) is 0 Å². The Balaban J connectivity index is 2.38. The van der Waals surface area contributed by atoms with Gasteiger partial charge in [-0.15, -0.1) is 0 Å². The van der Waals surface area contributed by atoms with Crippen molar-refractivity contribution in [2.45, 2.75) is 6.54 Å². The number of ether oxygens (including phenoxy) is 1. The summed E-state index contributed by atoms with van der Waals surface area (Å²) in [7, 11) is 1.33. The summed E-state index contributed by atoms with van der Waals surface area (Å²) in [6, 6.07) is 5.00. The van der Waals surface area contributed by atoms with Crippen molar-refractivity contribution in [2.75, 3.05) is 13.7 Å². The molecule has 94 valence electrons. The molecule has 0 unspecified atom stereocenters. The standard InChI is InChI=1S/C12H13N3O3/c1-18-12(17)9-2-4-13-10(8-9)11-3-5-14-15(11)6-7-16/h2-5,8,16H,6-7H2,1H3. The number of hydrogen-bond acceptors (Lipinski definition) is 5. The van der Waals surface area contributed by atoms with E-state index in [2.05, 4.69) is 14.8 Å². The van der Waals surface area contributed by atoms with Gasteiger partial charge in [-0.05, 0) is 18.2 Å². The number of carbonyl (C=O) groups excluding carboxylic acids is 1. The summed E-state index contributed by atoms with van der Waals surface area (Å²) >= 11 is 0. The summed E-state index contributed by atoms with van der Waals surface area (Å²) in [4.78, 5) is 15.6. The second-order valence-corrected chi connectivity index (χ2v) is 3.58. The molecule has 0 radical (unpaired) electrons. The Morgan fingerprint density at radius 2 is 2.28 bits per heavy atom. The molecule has 6 nitrogen and oxygen atoms in total. The van der Waals surface area contributed by atoms with Crippen LogP contribution in [0.25, 0.3) is 11.4 Å². The topological polar surface area (TPSA) is 77.2 Å². The van der Waals surface area contributed by atoms with Gasteiger partial charge in [-0.25, -0.2) is 4.79 Å². The summed E-state index contributed by atoms with van der Waals surface area (Å²) in [5, 5.41) is 13.0. The van der Waals surface area contributed by atoms with Gasteiger partial charge < -0.3 is 9.84 Å². The zero-order valence-corrected chi connectivity index (χ0v) is 9.91. The van der Waals surface area contributed by atoms with E-state index in [1.807, 2.05) is 0 Å². The molecular formula is C12H13N3O3. The van der Waals surface area contributed by atoms with E-state index in [4.69, 9.17) is 5.11 Å². The van der Waals surface area contributed by atoms with Gasteiger partial charge >= 0.3 is 5.97 Å². The number of aliphatic hydroxyl groups excluding tert-OH is 1. The summed E-state index contributed by atoms with van der Waals surface area (Å²) in [5.41, 5.74) is 1.79. The van der Waals surface area contributed by atoms with Gasteiger partial charge in [0.1, 0.15) is 0 Å². The van der Waals surface area contributed by atoms with Crippen molar-refractivity contribution in [3.63, 3.8) is 0 Å². The van der Waals surface area contributed by atoms with E-state index in [9.17, 15) is 4.79 Å². The molecule has 1 N–H and O–H groups in total. The minimum atomic E-state index is -0.410. The lowest BCUT2D eigenvalue weighted by Gasteiger charge is -2.06. The van der Waals surface area contributed by atoms with Crippen molar-refractivity contribution in [3.05, 3.63) is 36.2 Å². The minimum Gasteiger partial charge on any atom is -0.465 e. The fraction of sp³-hybridized carbons (Fsp3) is 0.250. The largest absolute Gasteiger partial charge is 0.465 e. The molecule has 0 aliphatic carbocycles. The SMILES string of the molecule is COC(=O)c1ccnc(-c2ccnn2CCO)c1. The van der Waals surface area contributed by atoms with Crippen LogP contribution in [0, 0.1) is 0 Å². The lowest BCUT2D eigenvalue weighted by atomic mass is 10.2. The highest BCUT2D eigenvalue weighted by atomic mass is 16.5. The summed E-state index contributed by atoms with van der Waals surface area (Å²) in [5.74, 6) is -0.410. The molecule has 6 heteroatoms. The molecular weight excluding hydrogens is 234 g/mol. The molecule has 0 aliphatic heterocycles. The lowest BCUT2D eigenvalue weighted by Crippen LogP contribution is -2.07. The fourth-order valence-corrected chi connectivity index (χ4v) is 1.64. The Morgan fingerprint density at radius 1 is 1.44 bits per heavy atom. The second-order valence-electron chi connectivity index (χ2n) is 3.58. The maximum Gasteiger partial charge on any atom is 0.337 e. The third kappa shape index (κ3) is 2.38. The van der Waals surface area contributed by atoms with Gasteiger partial charge in [-0.1, -0.05) is 0 Å². The number of methoxy groups -OCH3 is 1. The van der Waals surface area contributed by atoms with E-state index in [1.165, 1.54) is 13.3 Å². The minimum absolute atomic E-state index is 0.00856. The van der Waals surface area contributed by atoms with Crippen molar-refractivity contribution >= 4 is 5.97 Å². The zero-order valence-electron chi connectivity index (χ0n) is 9.91. The van der Waals surface area contributed by atoms with Gasteiger partial charge in [0.15, 0.2) is 0 Å². The molecule has 0 amide bonds. The monoisotopic (exact) mass is 247 g/mol. The molecule has 0 fully saturated rings. The fourth-order valence-electron chi connectivity index (χ4n) is 1.64. The van der Waals surface area contributed by atoms with E-state index in [0.717, 1.165) is 5.69 Å². The van der Waals surface area contributed by atoms with E-state index in [1.54, 1.807) is 29.1 Å². The van der Waals surface area contributed by atoms with Gasteiger partial charge in [-0.3, -0.25) is 9.67 Å². The van der Waals surface area contributed by atoms with Crippen molar-refractivity contribution < 1.29 is 14.6 Å². The first-order valence-electron chi connectivity index (χ1n) is 5.43. The van der Waals surface area contributed by atoms with E-state index < -0.39 is 5.97 Å². The Kier molecular flexibility index (Phi) is 3.69. The molecule has 0 aliphatic rings. The van der Waals surface area contributed by atoms with Gasteiger partial charge in [0.05, 0.1) is 37.2 Å². The third-order valence-electron chi connectivity index (χ3n) is 2.47. The lowest BCUT2D eigenvalue weighted by molar-refractivity contribution is 0.0600. The molecule has 18 heavy (non-hydrogen) atoms. The van der Waals surface area contributed by atoms with Crippen LogP contribution in [0.2, 0.25) is 0 Å². The molecule has 0 spiro atoms. The number of pyridine rings is 1. The van der Waals surface area contributed by atoms with Crippen LogP contribution in [0.3, 0.4) is 0 Å². The predicted molar refractivity (Wildman–Crippen MR) is 63.9 cm³/mol. The van der Waals surface area contributed by atoms with Crippen LogP contribution in [-0.2, 0) is 11.3 Å². The van der Waals surface area contributed by atoms with Crippen LogP contribution in [0.1, 0.15) is 10.4 Å². The van der Waals surface area contributed by atoms with Crippen LogP contribution in [0.15, 0.2) is 30.6 Å². The number of hydrogen-bond donors (Lipinski definition) is 1. The summed E-state index contributed by atoms with van der Waals surface area (Å²) < 4.78 is 6.29. The number of rotatable bonds is 4. The number of aromatic nitrogens is 3. The first kappa shape index (κ1) is 12.3. The highest BCUT2D eigenvalue weighted by Gasteiger charge is 2.10. The Bertz CT molecular complexity index is 551. The van der Waals surface area contributed by atoms with Gasteiger partial charge in [0.2, 0.25) is 0 Å². The molecule has 2 rings (SSSR count). The van der Waals surface area contributed by atoms with Crippen molar-refractivity contribution in [1.82, 2.24) is 14.8 Å².